The van der Waals surface area contributed by atoms with Crippen molar-refractivity contribution in [1.29, 1.82) is 0 Å². The summed E-state index contributed by atoms with van der Waals surface area (Å²) < 4.78 is 12.8. The van der Waals surface area contributed by atoms with Crippen molar-refractivity contribution in [2.75, 3.05) is 6.79 Å². The Hall–Kier alpha value is -2.77. The third kappa shape index (κ3) is 4.22. The van der Waals surface area contributed by atoms with Crippen LogP contribution in [0.5, 0.6) is 11.5 Å². The van der Waals surface area contributed by atoms with Gasteiger partial charge in [-0.2, -0.15) is 0 Å². The molecule has 0 saturated heterocycles. The topological polar surface area (TPSA) is 53.4 Å². The minimum Gasteiger partial charge on any atom is -0.454 e. The molecule has 0 saturated carbocycles. The van der Waals surface area contributed by atoms with Gasteiger partial charge < -0.3 is 9.47 Å². The predicted molar refractivity (Wildman–Crippen MR) is 147 cm³/mol. The molecule has 7 heteroatoms. The highest BCUT2D eigenvalue weighted by Crippen LogP contribution is 2.43. The van der Waals surface area contributed by atoms with Gasteiger partial charge in [-0.15, -0.1) is 11.3 Å². The lowest BCUT2D eigenvalue weighted by molar-refractivity contribution is 0.174. The quantitative estimate of drug-likeness (QED) is 0.217. The first-order chi connectivity index (χ1) is 17.3. The van der Waals surface area contributed by atoms with Gasteiger partial charge in [0.1, 0.15) is 4.83 Å². The van der Waals surface area contributed by atoms with Crippen molar-refractivity contribution >= 4 is 33.3 Å². The first-order valence-corrected chi connectivity index (χ1v) is 14.2. The molecule has 0 fully saturated rings. The molecule has 186 valence electrons. The molecular formula is C29H30N2O3S2. The number of fused-ring (bicyclic) bond motifs is 4. The van der Waals surface area contributed by atoms with Crippen LogP contribution in [-0.4, -0.2) is 16.3 Å². The Labute approximate surface area is 219 Å². The molecule has 3 heterocycles. The Balaban J connectivity index is 1.44. The lowest BCUT2D eigenvalue weighted by atomic mass is 9.72. The summed E-state index contributed by atoms with van der Waals surface area (Å²) in [6.45, 7) is 9.28. The molecule has 0 amide bonds. The van der Waals surface area contributed by atoms with Crippen molar-refractivity contribution in [3.8, 4) is 17.2 Å². The second kappa shape index (κ2) is 8.96. The fraction of sp³-hybridized carbons (Fsp3) is 0.379. The lowest BCUT2D eigenvalue weighted by Crippen LogP contribution is -2.27. The standard InChI is InChI=1S/C29H30N2O3S2/c1-17-6-5-7-20(12-17)31-27(32)25-21-10-9-19(29(2,3)4)14-24(21)36-26(25)30-28(31)35-15-18-8-11-22-23(13-18)34-16-33-22/h5-8,11-13,19H,9-10,14-16H2,1-4H3/t19-/m0/s1. The maximum absolute atomic E-state index is 14.1. The van der Waals surface area contributed by atoms with Crippen molar-refractivity contribution in [3.05, 3.63) is 74.4 Å². The van der Waals surface area contributed by atoms with Crippen LogP contribution >= 0.6 is 23.1 Å². The molecule has 1 aliphatic carbocycles. The summed E-state index contributed by atoms with van der Waals surface area (Å²) in [6.07, 6.45) is 3.10. The molecule has 1 atom stereocenters. The molecule has 2 aromatic carbocycles. The minimum absolute atomic E-state index is 0.0468. The molecule has 2 aromatic heterocycles. The molecule has 4 aromatic rings. The molecule has 0 spiro atoms. The number of hydrogen-bond acceptors (Lipinski definition) is 6. The van der Waals surface area contributed by atoms with Crippen LogP contribution in [0.3, 0.4) is 0 Å². The Morgan fingerprint density at radius 2 is 1.97 bits per heavy atom. The predicted octanol–water partition coefficient (Wildman–Crippen LogP) is 6.93. The molecular weight excluding hydrogens is 488 g/mol. The Bertz CT molecular complexity index is 1530. The zero-order valence-corrected chi connectivity index (χ0v) is 22.7. The summed E-state index contributed by atoms with van der Waals surface area (Å²) >= 11 is 3.31. The van der Waals surface area contributed by atoms with Gasteiger partial charge in [-0.05, 0) is 78.5 Å². The zero-order chi connectivity index (χ0) is 25.0. The number of nitrogens with zero attached hydrogens (tertiary/aromatic N) is 2. The fourth-order valence-electron chi connectivity index (χ4n) is 5.22. The summed E-state index contributed by atoms with van der Waals surface area (Å²) in [5.74, 6) is 2.85. The van der Waals surface area contributed by atoms with Gasteiger partial charge in [0, 0.05) is 10.6 Å². The minimum atomic E-state index is 0.0468. The number of ether oxygens (including phenoxy) is 2. The molecule has 0 N–H and O–H groups in total. The van der Waals surface area contributed by atoms with Crippen molar-refractivity contribution in [2.24, 2.45) is 11.3 Å². The van der Waals surface area contributed by atoms with E-state index in [1.54, 1.807) is 23.1 Å². The molecule has 2 aliphatic rings. The monoisotopic (exact) mass is 518 g/mol. The second-order valence-electron chi connectivity index (χ2n) is 10.8. The Morgan fingerprint density at radius 3 is 2.78 bits per heavy atom. The van der Waals surface area contributed by atoms with Gasteiger partial charge in [-0.3, -0.25) is 9.36 Å². The summed E-state index contributed by atoms with van der Waals surface area (Å²) in [4.78, 5) is 21.4. The maximum Gasteiger partial charge on any atom is 0.267 e. The van der Waals surface area contributed by atoms with Gasteiger partial charge in [-0.25, -0.2) is 4.98 Å². The van der Waals surface area contributed by atoms with E-state index in [4.69, 9.17) is 14.5 Å². The number of aromatic nitrogens is 2. The van der Waals surface area contributed by atoms with Gasteiger partial charge >= 0.3 is 0 Å². The van der Waals surface area contributed by atoms with Gasteiger partial charge in [0.25, 0.3) is 5.56 Å². The Kier molecular flexibility index (Phi) is 5.88. The van der Waals surface area contributed by atoms with Gasteiger partial charge in [0.05, 0.1) is 11.1 Å². The highest BCUT2D eigenvalue weighted by molar-refractivity contribution is 7.98. The molecule has 0 unspecified atom stereocenters. The lowest BCUT2D eigenvalue weighted by Gasteiger charge is -2.33. The first kappa shape index (κ1) is 23.6. The number of rotatable bonds is 4. The molecule has 36 heavy (non-hydrogen) atoms. The first-order valence-electron chi connectivity index (χ1n) is 12.4. The Morgan fingerprint density at radius 1 is 1.14 bits per heavy atom. The smallest absolute Gasteiger partial charge is 0.267 e. The van der Waals surface area contributed by atoms with Crippen LogP contribution in [-0.2, 0) is 18.6 Å². The van der Waals surface area contributed by atoms with E-state index in [2.05, 4.69) is 39.8 Å². The van der Waals surface area contributed by atoms with Gasteiger partial charge in [0.15, 0.2) is 16.7 Å². The summed E-state index contributed by atoms with van der Waals surface area (Å²) in [5.41, 5.74) is 4.62. The highest BCUT2D eigenvalue weighted by Gasteiger charge is 2.32. The van der Waals surface area contributed by atoms with E-state index < -0.39 is 0 Å². The van der Waals surface area contributed by atoms with Crippen LogP contribution in [0, 0.1) is 18.3 Å². The number of thioether (sulfide) groups is 1. The van der Waals surface area contributed by atoms with Crippen LogP contribution < -0.4 is 15.0 Å². The summed E-state index contributed by atoms with van der Waals surface area (Å²) in [6, 6.07) is 14.1. The van der Waals surface area contributed by atoms with Crippen LogP contribution in [0.25, 0.3) is 15.9 Å². The molecule has 0 radical (unpaired) electrons. The summed E-state index contributed by atoms with van der Waals surface area (Å²) in [5, 5.41) is 1.54. The largest absolute Gasteiger partial charge is 0.454 e. The maximum atomic E-state index is 14.1. The van der Waals surface area contributed by atoms with E-state index in [9.17, 15) is 4.79 Å². The van der Waals surface area contributed by atoms with Crippen LogP contribution in [0.4, 0.5) is 0 Å². The SMILES string of the molecule is Cc1cccc(-n2c(SCc3ccc4c(c3)OCO4)nc3sc4c(c3c2=O)CC[C@H](C(C)(C)C)C4)c1. The van der Waals surface area contributed by atoms with E-state index >= 15 is 0 Å². The highest BCUT2D eigenvalue weighted by atomic mass is 32.2. The molecule has 5 nitrogen and oxygen atoms in total. The fourth-order valence-corrected chi connectivity index (χ4v) is 7.51. The van der Waals surface area contributed by atoms with Crippen LogP contribution in [0.2, 0.25) is 0 Å². The molecule has 1 aliphatic heterocycles. The summed E-state index contributed by atoms with van der Waals surface area (Å²) in [7, 11) is 0. The van der Waals surface area contributed by atoms with E-state index in [0.29, 0.717) is 11.7 Å². The van der Waals surface area contributed by atoms with E-state index in [1.165, 1.54) is 10.4 Å². The van der Waals surface area contributed by atoms with Gasteiger partial charge in [0.2, 0.25) is 6.79 Å². The average molecular weight is 519 g/mol. The van der Waals surface area contributed by atoms with Crippen LogP contribution in [0.1, 0.15) is 48.8 Å². The molecule has 0 bridgehead atoms. The van der Waals surface area contributed by atoms with E-state index in [-0.39, 0.29) is 17.8 Å². The third-order valence-electron chi connectivity index (χ3n) is 7.34. The van der Waals surface area contributed by atoms with Crippen molar-refractivity contribution in [3.63, 3.8) is 0 Å². The van der Waals surface area contributed by atoms with Crippen molar-refractivity contribution in [1.82, 2.24) is 9.55 Å². The number of benzene rings is 2. The number of hydrogen-bond donors (Lipinski definition) is 0. The third-order valence-corrected chi connectivity index (χ3v) is 9.50. The normalized spacial score (nSPS) is 16.9. The zero-order valence-electron chi connectivity index (χ0n) is 21.1. The van der Waals surface area contributed by atoms with E-state index in [0.717, 1.165) is 62.9 Å². The second-order valence-corrected chi connectivity index (χ2v) is 12.9. The average Bonchev–Trinajstić information content (AvgIpc) is 3.45. The van der Waals surface area contributed by atoms with Gasteiger partial charge in [-0.1, -0.05) is 50.7 Å². The van der Waals surface area contributed by atoms with E-state index in [1.807, 2.05) is 34.9 Å². The van der Waals surface area contributed by atoms with Crippen LogP contribution in [0.15, 0.2) is 52.4 Å². The molecule has 6 rings (SSSR count). The number of aryl methyl sites for hydroxylation is 2. The van der Waals surface area contributed by atoms with Crippen molar-refractivity contribution < 1.29 is 9.47 Å². The number of thiophene rings is 1. The van der Waals surface area contributed by atoms with Crippen molar-refractivity contribution in [2.45, 2.75) is 57.9 Å².